The van der Waals surface area contributed by atoms with Crippen LogP contribution in [0, 0.1) is 0 Å². The van der Waals surface area contributed by atoms with E-state index in [1.54, 1.807) is 6.92 Å². The number of hydrogen-bond acceptors (Lipinski definition) is 2. The number of aliphatic hydroxyl groups excluding tert-OH is 1. The molecule has 2 unspecified atom stereocenters. The number of ether oxygens (including phenoxy) is 1. The van der Waals surface area contributed by atoms with Gasteiger partial charge in [-0.2, -0.15) is 0 Å². The highest BCUT2D eigenvalue weighted by molar-refractivity contribution is 4.61. The van der Waals surface area contributed by atoms with Crippen molar-refractivity contribution in [1.29, 1.82) is 0 Å². The van der Waals surface area contributed by atoms with Gasteiger partial charge in [-0.05, 0) is 19.8 Å². The predicted octanol–water partition coefficient (Wildman–Crippen LogP) is 3.52. The van der Waals surface area contributed by atoms with E-state index in [0.29, 0.717) is 0 Å². The number of unbranched alkanes of at least 4 members (excludes halogenated alkanes) is 5. The quantitative estimate of drug-likeness (QED) is 0.566. The fourth-order valence-electron chi connectivity index (χ4n) is 1.72. The highest BCUT2D eigenvalue weighted by atomic mass is 16.5. The lowest BCUT2D eigenvalue weighted by atomic mass is 10.1. The van der Waals surface area contributed by atoms with E-state index >= 15 is 0 Å². The topological polar surface area (TPSA) is 29.5 Å². The Balaban J connectivity index is 3.22. The Hall–Kier alpha value is -0.0800. The minimum Gasteiger partial charge on any atom is -0.391 e. The zero-order chi connectivity index (χ0) is 11.5. The maximum Gasteiger partial charge on any atom is 0.0828 e. The molecule has 0 amide bonds. The van der Waals surface area contributed by atoms with Gasteiger partial charge in [0.2, 0.25) is 0 Å². The largest absolute Gasteiger partial charge is 0.391 e. The van der Waals surface area contributed by atoms with E-state index in [9.17, 15) is 5.11 Å². The molecule has 0 rings (SSSR count). The molecule has 2 nitrogen and oxygen atoms in total. The van der Waals surface area contributed by atoms with Gasteiger partial charge in [-0.15, -0.1) is 0 Å². The Kier molecular flexibility index (Phi) is 10.4. The van der Waals surface area contributed by atoms with Gasteiger partial charge in [-0.3, -0.25) is 0 Å². The van der Waals surface area contributed by atoms with E-state index in [1.807, 2.05) is 0 Å². The molecule has 0 aromatic rings. The molecule has 0 saturated carbocycles. The normalized spacial score (nSPS) is 15.2. The summed E-state index contributed by atoms with van der Waals surface area (Å²) >= 11 is 0. The number of aliphatic hydroxyl groups is 1. The number of hydrogen-bond donors (Lipinski definition) is 1. The molecular formula is C13H28O2. The Morgan fingerprint density at radius 3 is 2.13 bits per heavy atom. The first-order valence-corrected chi connectivity index (χ1v) is 6.52. The summed E-state index contributed by atoms with van der Waals surface area (Å²) in [5, 5.41) is 9.36. The van der Waals surface area contributed by atoms with Gasteiger partial charge in [0.1, 0.15) is 0 Å². The molecule has 0 aliphatic rings. The van der Waals surface area contributed by atoms with Gasteiger partial charge in [-0.1, -0.05) is 46.0 Å². The molecule has 0 aliphatic heterocycles. The Labute approximate surface area is 95.0 Å². The number of rotatable bonds is 10. The minimum absolute atomic E-state index is 0.0284. The van der Waals surface area contributed by atoms with Gasteiger partial charge in [0.25, 0.3) is 0 Å². The van der Waals surface area contributed by atoms with Crippen LogP contribution in [0.1, 0.15) is 65.7 Å². The summed E-state index contributed by atoms with van der Waals surface area (Å²) in [6, 6.07) is 0. The molecule has 0 aromatic carbocycles. The van der Waals surface area contributed by atoms with E-state index in [-0.39, 0.29) is 12.2 Å². The summed E-state index contributed by atoms with van der Waals surface area (Å²) in [5.74, 6) is 0. The molecule has 0 saturated heterocycles. The second-order valence-corrected chi connectivity index (χ2v) is 4.33. The van der Waals surface area contributed by atoms with Crippen LogP contribution in [0.5, 0.6) is 0 Å². The molecular weight excluding hydrogens is 188 g/mol. The lowest BCUT2D eigenvalue weighted by molar-refractivity contribution is -0.0320. The molecule has 0 aliphatic carbocycles. The van der Waals surface area contributed by atoms with Crippen LogP contribution in [-0.2, 0) is 4.74 Å². The van der Waals surface area contributed by atoms with Crippen molar-refractivity contribution in [3.63, 3.8) is 0 Å². The van der Waals surface area contributed by atoms with Crippen molar-refractivity contribution >= 4 is 0 Å². The van der Waals surface area contributed by atoms with Crippen molar-refractivity contribution in [3.05, 3.63) is 0 Å². The van der Waals surface area contributed by atoms with Gasteiger partial charge in [0, 0.05) is 6.61 Å². The molecule has 0 bridgehead atoms. The van der Waals surface area contributed by atoms with E-state index in [1.165, 1.54) is 32.1 Å². The smallest absolute Gasteiger partial charge is 0.0828 e. The van der Waals surface area contributed by atoms with Crippen LogP contribution in [0.4, 0.5) is 0 Å². The van der Waals surface area contributed by atoms with E-state index in [2.05, 4.69) is 13.8 Å². The summed E-state index contributed by atoms with van der Waals surface area (Å²) < 4.78 is 5.61. The van der Waals surface area contributed by atoms with E-state index in [0.717, 1.165) is 19.4 Å². The lowest BCUT2D eigenvalue weighted by Crippen LogP contribution is -2.25. The first-order chi connectivity index (χ1) is 7.22. The zero-order valence-electron chi connectivity index (χ0n) is 10.7. The highest BCUT2D eigenvalue weighted by Crippen LogP contribution is 2.08. The molecule has 0 heterocycles. The van der Waals surface area contributed by atoms with Crippen molar-refractivity contribution in [2.75, 3.05) is 6.61 Å². The van der Waals surface area contributed by atoms with Crippen molar-refractivity contribution in [1.82, 2.24) is 0 Å². The van der Waals surface area contributed by atoms with Crippen LogP contribution >= 0.6 is 0 Å². The summed E-state index contributed by atoms with van der Waals surface area (Å²) in [6.45, 7) is 6.89. The van der Waals surface area contributed by atoms with Crippen molar-refractivity contribution < 1.29 is 9.84 Å². The standard InChI is InChI=1S/C13H28O2/c1-4-6-7-8-9-10-11-15-13(5-2)12(3)14/h12-14H,4-11H2,1-3H3. The average molecular weight is 216 g/mol. The molecule has 15 heavy (non-hydrogen) atoms. The zero-order valence-corrected chi connectivity index (χ0v) is 10.7. The molecule has 0 fully saturated rings. The van der Waals surface area contributed by atoms with Crippen molar-refractivity contribution in [2.45, 2.75) is 77.9 Å². The van der Waals surface area contributed by atoms with Crippen LogP contribution in [0.3, 0.4) is 0 Å². The monoisotopic (exact) mass is 216 g/mol. The third kappa shape index (κ3) is 8.88. The molecule has 0 spiro atoms. The van der Waals surface area contributed by atoms with Crippen LogP contribution in [0.15, 0.2) is 0 Å². The molecule has 1 N–H and O–H groups in total. The third-order valence-corrected chi connectivity index (χ3v) is 2.77. The van der Waals surface area contributed by atoms with Crippen LogP contribution in [0.2, 0.25) is 0 Å². The van der Waals surface area contributed by atoms with Gasteiger partial charge < -0.3 is 9.84 Å². The SMILES string of the molecule is CCCCCCCCOC(CC)C(C)O. The molecule has 2 atom stereocenters. The maximum absolute atomic E-state index is 9.36. The summed E-state index contributed by atoms with van der Waals surface area (Å²) in [6.07, 6.45) is 8.31. The lowest BCUT2D eigenvalue weighted by Gasteiger charge is -2.18. The first-order valence-electron chi connectivity index (χ1n) is 6.52. The minimum atomic E-state index is -0.338. The van der Waals surface area contributed by atoms with Crippen LogP contribution < -0.4 is 0 Å². The second-order valence-electron chi connectivity index (χ2n) is 4.33. The summed E-state index contributed by atoms with van der Waals surface area (Å²) in [5.41, 5.74) is 0. The van der Waals surface area contributed by atoms with Gasteiger partial charge in [0.05, 0.1) is 12.2 Å². The maximum atomic E-state index is 9.36. The van der Waals surface area contributed by atoms with Crippen molar-refractivity contribution in [3.8, 4) is 0 Å². The molecule has 2 heteroatoms. The van der Waals surface area contributed by atoms with Crippen LogP contribution in [-0.4, -0.2) is 23.9 Å². The van der Waals surface area contributed by atoms with E-state index < -0.39 is 0 Å². The molecule has 92 valence electrons. The van der Waals surface area contributed by atoms with Crippen LogP contribution in [0.25, 0.3) is 0 Å². The Morgan fingerprint density at radius 1 is 1.00 bits per heavy atom. The molecule has 0 radical (unpaired) electrons. The van der Waals surface area contributed by atoms with Gasteiger partial charge in [0.15, 0.2) is 0 Å². The fraction of sp³-hybridized carbons (Fsp3) is 1.00. The summed E-state index contributed by atoms with van der Waals surface area (Å²) in [4.78, 5) is 0. The third-order valence-electron chi connectivity index (χ3n) is 2.77. The van der Waals surface area contributed by atoms with Gasteiger partial charge >= 0.3 is 0 Å². The summed E-state index contributed by atoms with van der Waals surface area (Å²) in [7, 11) is 0. The Bertz CT molecular complexity index is 124. The average Bonchev–Trinajstić information content (AvgIpc) is 2.21. The van der Waals surface area contributed by atoms with Gasteiger partial charge in [-0.25, -0.2) is 0 Å². The Morgan fingerprint density at radius 2 is 1.60 bits per heavy atom. The van der Waals surface area contributed by atoms with E-state index in [4.69, 9.17) is 4.74 Å². The first kappa shape index (κ1) is 14.9. The van der Waals surface area contributed by atoms with Crippen molar-refractivity contribution in [2.24, 2.45) is 0 Å². The second kappa shape index (κ2) is 10.4. The predicted molar refractivity (Wildman–Crippen MR) is 65.1 cm³/mol. The molecule has 0 aromatic heterocycles. The highest BCUT2D eigenvalue weighted by Gasteiger charge is 2.11. The fourth-order valence-corrected chi connectivity index (χ4v) is 1.72.